The van der Waals surface area contributed by atoms with Crippen molar-refractivity contribution in [3.63, 3.8) is 0 Å². The van der Waals surface area contributed by atoms with Gasteiger partial charge in [0, 0.05) is 18.5 Å². The van der Waals surface area contributed by atoms with Crippen LogP contribution in [0.5, 0.6) is 0 Å². The number of benzene rings is 1. The molecule has 2 rings (SSSR count). The average Bonchev–Trinajstić information content (AvgIpc) is 2.60. The van der Waals surface area contributed by atoms with Crippen molar-refractivity contribution in [2.24, 2.45) is 5.41 Å². The predicted molar refractivity (Wildman–Crippen MR) is 84.9 cm³/mol. The maximum atomic E-state index is 11.7. The Kier molecular flexibility index (Phi) is 5.07. The molecule has 0 amide bonds. The molecule has 0 bridgehead atoms. The van der Waals surface area contributed by atoms with Gasteiger partial charge in [-0.1, -0.05) is 44.2 Å². The van der Waals surface area contributed by atoms with Crippen molar-refractivity contribution in [3.8, 4) is 0 Å². The summed E-state index contributed by atoms with van der Waals surface area (Å²) in [5, 5.41) is 10.6. The van der Waals surface area contributed by atoms with Crippen LogP contribution in [0.25, 0.3) is 0 Å². The fraction of sp³-hybridized carbons (Fsp3) is 0.625. The molecule has 0 aromatic heterocycles. The van der Waals surface area contributed by atoms with E-state index in [4.69, 9.17) is 0 Å². The van der Waals surface area contributed by atoms with Crippen molar-refractivity contribution >= 4 is 9.84 Å². The first-order valence-corrected chi connectivity index (χ1v) is 9.28. The van der Waals surface area contributed by atoms with Gasteiger partial charge in [0.15, 0.2) is 9.84 Å². The molecule has 1 aromatic rings. The lowest BCUT2D eigenvalue weighted by Gasteiger charge is -2.36. The molecule has 1 aromatic carbocycles. The van der Waals surface area contributed by atoms with Crippen LogP contribution in [0.15, 0.2) is 30.3 Å². The van der Waals surface area contributed by atoms with Crippen LogP contribution in [0.3, 0.4) is 0 Å². The second-order valence-electron chi connectivity index (χ2n) is 6.58. The summed E-state index contributed by atoms with van der Waals surface area (Å²) in [6, 6.07) is 9.64. The third kappa shape index (κ3) is 4.53. The second kappa shape index (κ2) is 6.46. The Labute approximate surface area is 127 Å². The van der Waals surface area contributed by atoms with Crippen LogP contribution in [-0.2, 0) is 9.84 Å². The zero-order valence-electron chi connectivity index (χ0n) is 12.8. The molecule has 1 atom stereocenters. The fourth-order valence-corrected chi connectivity index (χ4v) is 4.21. The highest BCUT2D eigenvalue weighted by atomic mass is 32.2. The van der Waals surface area contributed by atoms with Gasteiger partial charge in [0.25, 0.3) is 0 Å². The maximum Gasteiger partial charge on any atom is 0.151 e. The monoisotopic (exact) mass is 311 g/mol. The van der Waals surface area contributed by atoms with Crippen LogP contribution in [0.4, 0.5) is 0 Å². The highest BCUT2D eigenvalue weighted by Gasteiger charge is 2.32. The van der Waals surface area contributed by atoms with E-state index >= 15 is 0 Å². The second-order valence-corrected chi connectivity index (χ2v) is 8.89. The number of rotatable bonds is 4. The summed E-state index contributed by atoms with van der Waals surface area (Å²) in [6.07, 6.45) is 0.124. The number of aliphatic hydroxyl groups excluding tert-OH is 1. The normalized spacial score (nSPS) is 21.7. The van der Waals surface area contributed by atoms with Gasteiger partial charge in [-0.15, -0.1) is 0 Å². The average molecular weight is 311 g/mol. The number of aliphatic hydroxyl groups is 1. The molecule has 4 nitrogen and oxygen atoms in total. The van der Waals surface area contributed by atoms with Gasteiger partial charge in [0.05, 0.1) is 17.6 Å². The summed E-state index contributed by atoms with van der Waals surface area (Å²) in [6.45, 7) is 6.10. The van der Waals surface area contributed by atoms with Crippen LogP contribution < -0.4 is 0 Å². The molecular formula is C16H25NO3S. The minimum Gasteiger partial charge on any atom is -0.388 e. The Morgan fingerprint density at radius 3 is 2.52 bits per heavy atom. The molecule has 21 heavy (non-hydrogen) atoms. The van der Waals surface area contributed by atoms with E-state index in [2.05, 4.69) is 4.90 Å². The SMILES string of the molecule is CC(C)(CN1CCCS(=O)(=O)CC1)C(O)c1ccccc1. The van der Waals surface area contributed by atoms with Gasteiger partial charge in [-0.05, 0) is 18.5 Å². The van der Waals surface area contributed by atoms with E-state index in [1.54, 1.807) is 0 Å². The fourth-order valence-electron chi connectivity index (χ4n) is 2.90. The predicted octanol–water partition coefficient (Wildman–Crippen LogP) is 1.87. The summed E-state index contributed by atoms with van der Waals surface area (Å²) in [5.41, 5.74) is 0.583. The lowest BCUT2D eigenvalue weighted by Crippen LogP contribution is -2.39. The Hall–Kier alpha value is -0.910. The molecule has 0 saturated carbocycles. The number of hydrogen-bond donors (Lipinski definition) is 1. The molecule has 1 fully saturated rings. The molecule has 0 radical (unpaired) electrons. The molecular weight excluding hydrogens is 286 g/mol. The van der Waals surface area contributed by atoms with Gasteiger partial charge >= 0.3 is 0 Å². The zero-order valence-corrected chi connectivity index (χ0v) is 13.6. The molecule has 1 heterocycles. The zero-order chi connectivity index (χ0) is 15.5. The number of nitrogens with zero attached hydrogens (tertiary/aromatic N) is 1. The summed E-state index contributed by atoms with van der Waals surface area (Å²) in [7, 11) is -2.88. The number of hydrogen-bond acceptors (Lipinski definition) is 4. The molecule has 118 valence electrons. The highest BCUT2D eigenvalue weighted by Crippen LogP contribution is 2.34. The van der Waals surface area contributed by atoms with E-state index in [0.717, 1.165) is 12.1 Å². The van der Waals surface area contributed by atoms with Crippen molar-refractivity contribution in [2.75, 3.05) is 31.1 Å². The molecule has 5 heteroatoms. The third-order valence-electron chi connectivity index (χ3n) is 4.13. The third-order valence-corrected chi connectivity index (χ3v) is 5.85. The first-order chi connectivity index (χ1) is 9.80. The van der Waals surface area contributed by atoms with Crippen LogP contribution in [0.1, 0.15) is 31.9 Å². The number of sulfone groups is 1. The maximum absolute atomic E-state index is 11.7. The molecule has 0 aliphatic carbocycles. The lowest BCUT2D eigenvalue weighted by molar-refractivity contribution is 0.0219. The van der Waals surface area contributed by atoms with E-state index in [-0.39, 0.29) is 16.9 Å². The minimum absolute atomic E-state index is 0.227. The molecule has 1 aliphatic rings. The Morgan fingerprint density at radius 2 is 1.86 bits per heavy atom. The smallest absolute Gasteiger partial charge is 0.151 e. The van der Waals surface area contributed by atoms with Gasteiger partial charge in [0.1, 0.15) is 0 Å². The molecule has 1 unspecified atom stereocenters. The van der Waals surface area contributed by atoms with Gasteiger partial charge in [0.2, 0.25) is 0 Å². The van der Waals surface area contributed by atoms with Gasteiger partial charge in [-0.25, -0.2) is 8.42 Å². The Balaban J connectivity index is 2.03. The van der Waals surface area contributed by atoms with Crippen molar-refractivity contribution in [1.82, 2.24) is 4.90 Å². The van der Waals surface area contributed by atoms with Gasteiger partial charge in [-0.2, -0.15) is 0 Å². The van der Waals surface area contributed by atoms with Crippen LogP contribution in [-0.4, -0.2) is 49.6 Å². The lowest BCUT2D eigenvalue weighted by atomic mass is 9.82. The first-order valence-electron chi connectivity index (χ1n) is 7.46. The van der Waals surface area contributed by atoms with E-state index in [0.29, 0.717) is 19.5 Å². The summed E-state index contributed by atoms with van der Waals surface area (Å²) >= 11 is 0. The van der Waals surface area contributed by atoms with Gasteiger partial charge in [-0.3, -0.25) is 0 Å². The molecule has 0 spiro atoms. The van der Waals surface area contributed by atoms with E-state index in [1.165, 1.54) is 0 Å². The van der Waals surface area contributed by atoms with E-state index in [9.17, 15) is 13.5 Å². The van der Waals surface area contributed by atoms with Gasteiger partial charge < -0.3 is 10.0 Å². The Bertz CT molecular complexity index is 554. The molecule has 1 N–H and O–H groups in total. The topological polar surface area (TPSA) is 57.6 Å². The summed E-state index contributed by atoms with van der Waals surface area (Å²) in [4.78, 5) is 2.16. The standard InChI is InChI=1S/C16H25NO3S/c1-16(2,15(18)14-7-4-3-5-8-14)13-17-9-6-11-21(19,20)12-10-17/h3-5,7-8,15,18H,6,9-13H2,1-2H3. The minimum atomic E-state index is -2.88. The molecule has 1 aliphatic heterocycles. The highest BCUT2D eigenvalue weighted by molar-refractivity contribution is 7.91. The first kappa shape index (κ1) is 16.5. The van der Waals surface area contributed by atoms with Crippen molar-refractivity contribution in [3.05, 3.63) is 35.9 Å². The summed E-state index contributed by atoms with van der Waals surface area (Å²) < 4.78 is 23.3. The van der Waals surface area contributed by atoms with E-state index < -0.39 is 15.9 Å². The van der Waals surface area contributed by atoms with Crippen molar-refractivity contribution in [2.45, 2.75) is 26.4 Å². The van der Waals surface area contributed by atoms with Crippen molar-refractivity contribution in [1.29, 1.82) is 0 Å². The van der Waals surface area contributed by atoms with E-state index in [1.807, 2.05) is 44.2 Å². The van der Waals surface area contributed by atoms with Crippen molar-refractivity contribution < 1.29 is 13.5 Å². The Morgan fingerprint density at radius 1 is 1.19 bits per heavy atom. The van der Waals surface area contributed by atoms with Crippen LogP contribution in [0.2, 0.25) is 0 Å². The van der Waals surface area contributed by atoms with Crippen LogP contribution in [0, 0.1) is 5.41 Å². The summed E-state index contributed by atoms with van der Waals surface area (Å²) in [5.74, 6) is 0.510. The van der Waals surface area contributed by atoms with Crippen LogP contribution >= 0.6 is 0 Å². The largest absolute Gasteiger partial charge is 0.388 e. The quantitative estimate of drug-likeness (QED) is 0.922. The molecule has 1 saturated heterocycles.